The lowest BCUT2D eigenvalue weighted by Gasteiger charge is -2.19. The van der Waals surface area contributed by atoms with Gasteiger partial charge in [0.1, 0.15) is 5.75 Å². The molecule has 2 aliphatic heterocycles. The molecule has 0 saturated carbocycles. The van der Waals surface area contributed by atoms with E-state index >= 15 is 0 Å². The Morgan fingerprint density at radius 3 is 2.49 bits per heavy atom. The van der Waals surface area contributed by atoms with Gasteiger partial charge in [-0.15, -0.1) is 0 Å². The predicted octanol–water partition coefficient (Wildman–Crippen LogP) is 7.66. The van der Waals surface area contributed by atoms with E-state index in [0.29, 0.717) is 66.4 Å². The van der Waals surface area contributed by atoms with Crippen molar-refractivity contribution in [1.29, 1.82) is 0 Å². The zero-order chi connectivity index (χ0) is 35.6. The molecule has 0 radical (unpaired) electrons. The van der Waals surface area contributed by atoms with Gasteiger partial charge in [-0.2, -0.15) is 5.10 Å². The second-order valence-electron chi connectivity index (χ2n) is 13.3. The highest BCUT2D eigenvalue weighted by Crippen LogP contribution is 2.40. The van der Waals surface area contributed by atoms with Crippen molar-refractivity contribution < 1.29 is 19.4 Å². The van der Waals surface area contributed by atoms with E-state index in [0.717, 1.165) is 62.8 Å². The minimum absolute atomic E-state index is 0.107. The van der Waals surface area contributed by atoms with Gasteiger partial charge in [0.05, 0.1) is 36.3 Å². The lowest BCUT2D eigenvalue weighted by Crippen LogP contribution is -2.35. The van der Waals surface area contributed by atoms with Gasteiger partial charge in [0.25, 0.3) is 0 Å². The van der Waals surface area contributed by atoms with Gasteiger partial charge in [-0.3, -0.25) is 19.2 Å². The number of hydrogen-bond donors (Lipinski definition) is 3. The summed E-state index contributed by atoms with van der Waals surface area (Å²) in [4.78, 5) is 25.1. The molecule has 12 heteroatoms. The second-order valence-corrected chi connectivity index (χ2v) is 14.5. The van der Waals surface area contributed by atoms with Crippen molar-refractivity contribution in [2.45, 2.75) is 44.9 Å². The van der Waals surface area contributed by atoms with Crippen LogP contribution < -0.4 is 15.4 Å². The van der Waals surface area contributed by atoms with E-state index in [4.69, 9.17) is 44.6 Å². The van der Waals surface area contributed by atoms with Crippen LogP contribution in [0.1, 0.15) is 36.0 Å². The van der Waals surface area contributed by atoms with Crippen LogP contribution in [0.3, 0.4) is 0 Å². The van der Waals surface area contributed by atoms with Crippen LogP contribution in [0.5, 0.6) is 5.75 Å². The SMILES string of the molecule is COc1cc(Cn2ncc3c(-c4cccc(-c5ccc(CNC[C@@H]6CCC(=O)N6)c(Cl)c5)c4Cl)cccc32)c(Cl)cc1CN1CC[C@@H](C(=O)O)C1. The molecule has 0 unspecified atom stereocenters. The van der Waals surface area contributed by atoms with Crippen LogP contribution in [0.2, 0.25) is 15.1 Å². The Balaban J connectivity index is 1.10. The van der Waals surface area contributed by atoms with Crippen LogP contribution in [0.15, 0.2) is 72.9 Å². The van der Waals surface area contributed by atoms with Crippen LogP contribution in [0.25, 0.3) is 33.2 Å². The van der Waals surface area contributed by atoms with E-state index < -0.39 is 5.97 Å². The maximum Gasteiger partial charge on any atom is 0.307 e. The average molecular weight is 747 g/mol. The topological polar surface area (TPSA) is 109 Å². The highest BCUT2D eigenvalue weighted by atomic mass is 35.5. The van der Waals surface area contributed by atoms with E-state index in [-0.39, 0.29) is 17.9 Å². The summed E-state index contributed by atoms with van der Waals surface area (Å²) in [5.74, 6) is -0.290. The summed E-state index contributed by atoms with van der Waals surface area (Å²) in [5, 5.41) is 23.3. The molecule has 7 rings (SSSR count). The first-order valence-corrected chi connectivity index (χ1v) is 18.1. The number of hydrogen-bond acceptors (Lipinski definition) is 6. The number of aliphatic carboxylic acids is 1. The molecule has 2 atom stereocenters. The van der Waals surface area contributed by atoms with Gasteiger partial charge in [0.2, 0.25) is 5.91 Å². The van der Waals surface area contributed by atoms with Crippen LogP contribution in [-0.4, -0.2) is 64.4 Å². The molecule has 4 aromatic carbocycles. The predicted molar refractivity (Wildman–Crippen MR) is 202 cm³/mol. The number of aromatic nitrogens is 2. The molecule has 2 fully saturated rings. The van der Waals surface area contributed by atoms with Crippen LogP contribution in [0, 0.1) is 5.92 Å². The van der Waals surface area contributed by atoms with Crippen molar-refractivity contribution in [2.24, 2.45) is 5.92 Å². The minimum Gasteiger partial charge on any atom is -0.496 e. The van der Waals surface area contributed by atoms with Crippen molar-refractivity contribution in [2.75, 3.05) is 26.7 Å². The lowest BCUT2D eigenvalue weighted by atomic mass is 9.96. The number of ether oxygens (including phenoxy) is 1. The standard InChI is InChI=1S/C39H38Cl3N5O4/c1-51-36-16-26(34(41)15-27(36)21-46-13-12-25(20-46)39(49)50)22-47-35-7-3-5-30(32(35)19-44-47)31-6-2-4-29(38(31)42)23-8-9-24(33(40)14-23)17-43-18-28-10-11-37(48)45-28/h2-9,14-16,19,25,28,43H,10-13,17-18,20-22H2,1H3,(H,45,48)(H,49,50)/t25-,28+/m1/s1. The van der Waals surface area contributed by atoms with E-state index in [1.54, 1.807) is 7.11 Å². The Hall–Kier alpha value is -4.12. The van der Waals surface area contributed by atoms with E-state index in [1.165, 1.54) is 0 Å². The zero-order valence-electron chi connectivity index (χ0n) is 28.1. The van der Waals surface area contributed by atoms with Gasteiger partial charge in [-0.05, 0) is 65.9 Å². The number of carbonyl (C=O) groups excluding carboxylic acids is 1. The van der Waals surface area contributed by atoms with Crippen molar-refractivity contribution >= 4 is 57.6 Å². The Morgan fingerprint density at radius 2 is 1.75 bits per heavy atom. The smallest absolute Gasteiger partial charge is 0.307 e. The summed E-state index contributed by atoms with van der Waals surface area (Å²) < 4.78 is 7.67. The number of fused-ring (bicyclic) bond motifs is 1. The maximum atomic E-state index is 11.5. The van der Waals surface area contributed by atoms with E-state index in [9.17, 15) is 14.7 Å². The quantitative estimate of drug-likeness (QED) is 0.120. The van der Waals surface area contributed by atoms with E-state index in [2.05, 4.69) is 15.5 Å². The number of rotatable bonds is 12. The third-order valence-electron chi connectivity index (χ3n) is 9.92. The zero-order valence-corrected chi connectivity index (χ0v) is 30.4. The second kappa shape index (κ2) is 15.2. The lowest BCUT2D eigenvalue weighted by molar-refractivity contribution is -0.141. The molecule has 264 valence electrons. The third-order valence-corrected chi connectivity index (χ3v) is 11.0. The molecular formula is C39H38Cl3N5O4. The highest BCUT2D eigenvalue weighted by molar-refractivity contribution is 6.37. The molecule has 2 saturated heterocycles. The molecule has 51 heavy (non-hydrogen) atoms. The fourth-order valence-corrected chi connectivity index (χ4v) is 7.98. The molecular weight excluding hydrogens is 709 g/mol. The van der Waals surface area contributed by atoms with Crippen molar-refractivity contribution in [3.05, 3.63) is 105 Å². The number of carbonyl (C=O) groups is 2. The molecule has 1 amide bonds. The molecule has 1 aromatic heterocycles. The largest absolute Gasteiger partial charge is 0.496 e. The van der Waals surface area contributed by atoms with Crippen LogP contribution >= 0.6 is 34.8 Å². The first kappa shape index (κ1) is 35.3. The molecule has 2 aliphatic rings. The van der Waals surface area contributed by atoms with Crippen molar-refractivity contribution in [3.8, 4) is 28.0 Å². The number of carboxylic acids is 1. The monoisotopic (exact) mass is 745 g/mol. The summed E-state index contributed by atoms with van der Waals surface area (Å²) in [6, 6.07) is 22.1. The van der Waals surface area contributed by atoms with Gasteiger partial charge in [-0.1, -0.05) is 77.3 Å². The number of nitrogens with one attached hydrogen (secondary N) is 2. The normalized spacial score (nSPS) is 17.7. The van der Waals surface area contributed by atoms with Crippen LogP contribution in [-0.2, 0) is 29.2 Å². The van der Waals surface area contributed by atoms with Gasteiger partial charge in [-0.25, -0.2) is 0 Å². The minimum atomic E-state index is -0.754. The van der Waals surface area contributed by atoms with Crippen molar-refractivity contribution in [1.82, 2.24) is 25.3 Å². The Labute approximate surface area is 311 Å². The average Bonchev–Trinajstić information content (AvgIpc) is 3.87. The first-order chi connectivity index (χ1) is 24.7. The molecule has 3 heterocycles. The molecule has 0 bridgehead atoms. The molecule has 9 nitrogen and oxygen atoms in total. The first-order valence-electron chi connectivity index (χ1n) is 17.0. The van der Waals surface area contributed by atoms with E-state index in [1.807, 2.05) is 77.6 Å². The summed E-state index contributed by atoms with van der Waals surface area (Å²) in [6.07, 6.45) is 3.92. The number of halogens is 3. The fraction of sp³-hybridized carbons (Fsp3) is 0.308. The van der Waals surface area contributed by atoms with Gasteiger partial charge < -0.3 is 20.5 Å². The van der Waals surface area contributed by atoms with Crippen LogP contribution in [0.4, 0.5) is 0 Å². The van der Waals surface area contributed by atoms with Gasteiger partial charge >= 0.3 is 5.97 Å². The number of benzene rings is 4. The summed E-state index contributed by atoms with van der Waals surface area (Å²) >= 11 is 20.7. The number of amides is 1. The highest BCUT2D eigenvalue weighted by Gasteiger charge is 2.29. The Kier molecular flexibility index (Phi) is 10.5. The molecule has 3 N–H and O–H groups in total. The molecule has 0 aliphatic carbocycles. The molecule has 0 spiro atoms. The molecule has 5 aromatic rings. The van der Waals surface area contributed by atoms with Crippen molar-refractivity contribution in [3.63, 3.8) is 0 Å². The number of carboxylic acid groups (broad SMARTS) is 1. The van der Waals surface area contributed by atoms with Gasteiger partial charge in [0, 0.05) is 70.8 Å². The number of nitrogens with zero attached hydrogens (tertiary/aromatic N) is 3. The summed E-state index contributed by atoms with van der Waals surface area (Å²) in [6.45, 7) is 3.52. The third kappa shape index (κ3) is 7.59. The fourth-order valence-electron chi connectivity index (χ4n) is 7.15. The Bertz CT molecular complexity index is 2120. The Morgan fingerprint density at radius 1 is 0.961 bits per heavy atom. The summed E-state index contributed by atoms with van der Waals surface area (Å²) in [5.41, 5.74) is 7.32. The number of methoxy groups -OCH3 is 1. The summed E-state index contributed by atoms with van der Waals surface area (Å²) in [7, 11) is 1.63. The van der Waals surface area contributed by atoms with Gasteiger partial charge in [0.15, 0.2) is 0 Å². The maximum absolute atomic E-state index is 11.5. The number of likely N-dealkylation sites (tertiary alicyclic amines) is 1.